The van der Waals surface area contributed by atoms with Gasteiger partial charge in [-0.05, 0) is 61.8 Å². The summed E-state index contributed by atoms with van der Waals surface area (Å²) < 4.78 is 31.6. The number of fused-ring (bicyclic) bond motifs is 1. The number of imidazole rings is 1. The summed E-state index contributed by atoms with van der Waals surface area (Å²) in [6.45, 7) is 2.85. The Morgan fingerprint density at radius 1 is 1.12 bits per heavy atom. The van der Waals surface area contributed by atoms with Gasteiger partial charge in [0.15, 0.2) is 5.65 Å². The van der Waals surface area contributed by atoms with E-state index in [4.69, 9.17) is 4.52 Å². The van der Waals surface area contributed by atoms with E-state index in [2.05, 4.69) is 29.8 Å². The zero-order chi connectivity index (χ0) is 21.9. The molecule has 1 unspecified atom stereocenters. The topological polar surface area (TPSA) is 125 Å². The molecular weight excluding hydrogens is 430 g/mol. The third-order valence-corrected chi connectivity index (χ3v) is 5.83. The molecule has 0 saturated carbocycles. The zero-order valence-corrected chi connectivity index (χ0v) is 18.1. The first-order chi connectivity index (χ1) is 15.6. The van der Waals surface area contributed by atoms with E-state index in [0.29, 0.717) is 24.0 Å². The molecule has 1 fully saturated rings. The van der Waals surface area contributed by atoms with Crippen molar-refractivity contribution < 1.29 is 13.3 Å². The molecular formula is C21H22N7O3S-. The predicted octanol–water partition coefficient (Wildman–Crippen LogP) is 2.32. The highest BCUT2D eigenvalue weighted by Crippen LogP contribution is 2.27. The van der Waals surface area contributed by atoms with Crippen LogP contribution in [0.4, 0.5) is 0 Å². The molecule has 1 atom stereocenters. The predicted molar refractivity (Wildman–Crippen MR) is 117 cm³/mol. The molecule has 1 aliphatic heterocycles. The molecule has 10 nitrogen and oxygen atoms in total. The average Bonchev–Trinajstić information content (AvgIpc) is 3.45. The van der Waals surface area contributed by atoms with Gasteiger partial charge in [-0.3, -0.25) is 9.11 Å². The van der Waals surface area contributed by atoms with Crippen LogP contribution in [-0.2, 0) is 24.4 Å². The Morgan fingerprint density at radius 3 is 2.78 bits per heavy atom. The summed E-state index contributed by atoms with van der Waals surface area (Å²) in [4.78, 5) is 11.5. The van der Waals surface area contributed by atoms with E-state index in [9.17, 15) is 8.76 Å². The SMILES string of the molecule is O=S([O-])NCc1cc(-c2cn3ncccc3n2)cc(-c2noc(CN3CCCCC3)n2)c1. The van der Waals surface area contributed by atoms with Crippen LogP contribution in [0, 0.1) is 0 Å². The first kappa shape index (κ1) is 20.9. The maximum Gasteiger partial charge on any atom is 0.241 e. The van der Waals surface area contributed by atoms with Gasteiger partial charge in [-0.15, -0.1) is 0 Å². The van der Waals surface area contributed by atoms with Crippen LogP contribution in [0.2, 0.25) is 0 Å². The first-order valence-corrected chi connectivity index (χ1v) is 11.5. The Hall–Kier alpha value is -2.99. The maximum absolute atomic E-state index is 11.0. The third-order valence-electron chi connectivity index (χ3n) is 5.45. The number of hydrogen-bond donors (Lipinski definition) is 1. The molecule has 1 saturated heterocycles. The lowest BCUT2D eigenvalue weighted by Gasteiger charge is -2.24. The van der Waals surface area contributed by atoms with Crippen LogP contribution >= 0.6 is 0 Å². The molecule has 1 aromatic carbocycles. The lowest BCUT2D eigenvalue weighted by Crippen LogP contribution is -2.29. The number of nitrogens with zero attached hydrogens (tertiary/aromatic N) is 6. The van der Waals surface area contributed by atoms with Gasteiger partial charge in [-0.25, -0.2) is 14.2 Å². The summed E-state index contributed by atoms with van der Waals surface area (Å²) >= 11 is -2.37. The third kappa shape index (κ3) is 4.75. The number of hydrogen-bond acceptors (Lipinski definition) is 8. The molecule has 0 spiro atoms. The second-order valence-electron chi connectivity index (χ2n) is 7.78. The van der Waals surface area contributed by atoms with E-state index in [0.717, 1.165) is 35.4 Å². The van der Waals surface area contributed by atoms with E-state index >= 15 is 0 Å². The first-order valence-electron chi connectivity index (χ1n) is 10.5. The maximum atomic E-state index is 11.0. The minimum absolute atomic E-state index is 0.140. The van der Waals surface area contributed by atoms with Crippen molar-refractivity contribution in [2.45, 2.75) is 32.4 Å². The molecule has 166 valence electrons. The molecule has 3 aromatic heterocycles. The van der Waals surface area contributed by atoms with Gasteiger partial charge in [-0.1, -0.05) is 11.6 Å². The van der Waals surface area contributed by atoms with Crippen molar-refractivity contribution in [1.82, 2.24) is 34.4 Å². The number of rotatable bonds is 7. The fourth-order valence-corrected chi connectivity index (χ4v) is 4.21. The molecule has 4 heterocycles. The highest BCUT2D eigenvalue weighted by atomic mass is 32.2. The summed E-state index contributed by atoms with van der Waals surface area (Å²) in [7, 11) is 0. The van der Waals surface area contributed by atoms with Gasteiger partial charge < -0.3 is 9.08 Å². The number of aromatic nitrogens is 5. The van der Waals surface area contributed by atoms with Crippen molar-refractivity contribution >= 4 is 16.9 Å². The quantitative estimate of drug-likeness (QED) is 0.424. The van der Waals surface area contributed by atoms with E-state index in [1.54, 1.807) is 10.7 Å². The van der Waals surface area contributed by atoms with Gasteiger partial charge in [0.2, 0.25) is 11.7 Å². The van der Waals surface area contributed by atoms with Crippen molar-refractivity contribution in [3.8, 4) is 22.6 Å². The van der Waals surface area contributed by atoms with E-state index < -0.39 is 11.3 Å². The van der Waals surface area contributed by atoms with Gasteiger partial charge in [-0.2, -0.15) is 10.1 Å². The summed E-state index contributed by atoms with van der Waals surface area (Å²) in [5.41, 5.74) is 3.73. The lowest BCUT2D eigenvalue weighted by atomic mass is 10.0. The zero-order valence-electron chi connectivity index (χ0n) is 17.3. The number of piperidine rings is 1. The summed E-state index contributed by atoms with van der Waals surface area (Å²) in [5.74, 6) is 1.04. The highest BCUT2D eigenvalue weighted by molar-refractivity contribution is 7.77. The van der Waals surface area contributed by atoms with Crippen LogP contribution in [0.3, 0.4) is 0 Å². The Labute approximate surface area is 187 Å². The van der Waals surface area contributed by atoms with Crippen molar-refractivity contribution in [2.24, 2.45) is 0 Å². The standard InChI is InChI=1S/C21H23N7O3S/c29-32(30)23-12-15-9-16(18-13-28-19(24-18)5-4-6-22-28)11-17(10-15)21-25-20(31-26-21)14-27-7-2-1-3-8-27/h4-6,9-11,13,23H,1-3,7-8,12,14H2,(H,29,30)/p-1. The lowest BCUT2D eigenvalue weighted by molar-refractivity contribution is 0.193. The van der Waals surface area contributed by atoms with Crippen molar-refractivity contribution in [2.75, 3.05) is 13.1 Å². The van der Waals surface area contributed by atoms with Crippen LogP contribution < -0.4 is 4.72 Å². The van der Waals surface area contributed by atoms with Gasteiger partial charge in [0.25, 0.3) is 0 Å². The van der Waals surface area contributed by atoms with Crippen LogP contribution in [0.1, 0.15) is 30.7 Å². The van der Waals surface area contributed by atoms with Gasteiger partial charge in [0.05, 0.1) is 18.4 Å². The summed E-state index contributed by atoms with van der Waals surface area (Å²) in [5, 5.41) is 8.44. The van der Waals surface area contributed by atoms with Crippen LogP contribution in [-0.4, -0.2) is 51.5 Å². The molecule has 1 aliphatic rings. The second-order valence-corrected chi connectivity index (χ2v) is 8.53. The fraction of sp³-hybridized carbons (Fsp3) is 0.333. The van der Waals surface area contributed by atoms with E-state index in [1.165, 1.54) is 19.3 Å². The smallest absolute Gasteiger partial charge is 0.241 e. The molecule has 1 N–H and O–H groups in total. The van der Waals surface area contributed by atoms with Gasteiger partial charge >= 0.3 is 0 Å². The normalized spacial score (nSPS) is 15.9. The van der Waals surface area contributed by atoms with Crippen LogP contribution in [0.25, 0.3) is 28.3 Å². The van der Waals surface area contributed by atoms with Gasteiger partial charge in [0.1, 0.15) is 0 Å². The van der Waals surface area contributed by atoms with Crippen molar-refractivity contribution in [3.05, 3.63) is 54.2 Å². The van der Waals surface area contributed by atoms with Crippen LogP contribution in [0.15, 0.2) is 47.2 Å². The number of likely N-dealkylation sites (tertiary alicyclic amines) is 1. The molecule has 11 heteroatoms. The number of benzene rings is 1. The van der Waals surface area contributed by atoms with E-state index in [-0.39, 0.29) is 6.54 Å². The summed E-state index contributed by atoms with van der Waals surface area (Å²) in [6, 6.07) is 9.36. The molecule has 4 aromatic rings. The fourth-order valence-electron chi connectivity index (χ4n) is 3.93. The number of nitrogens with one attached hydrogen (secondary N) is 1. The molecule has 0 bridgehead atoms. The largest absolute Gasteiger partial charge is 0.760 e. The minimum Gasteiger partial charge on any atom is -0.760 e. The average molecular weight is 453 g/mol. The molecule has 0 aliphatic carbocycles. The Kier molecular flexibility index (Phi) is 6.04. The van der Waals surface area contributed by atoms with E-state index in [1.807, 2.05) is 36.5 Å². The summed E-state index contributed by atoms with van der Waals surface area (Å²) in [6.07, 6.45) is 7.16. The van der Waals surface area contributed by atoms with Crippen molar-refractivity contribution in [1.29, 1.82) is 0 Å². The van der Waals surface area contributed by atoms with Crippen molar-refractivity contribution in [3.63, 3.8) is 0 Å². The Balaban J connectivity index is 1.47. The molecule has 5 rings (SSSR count). The molecule has 0 radical (unpaired) electrons. The van der Waals surface area contributed by atoms with Crippen LogP contribution in [0.5, 0.6) is 0 Å². The Morgan fingerprint density at radius 2 is 1.97 bits per heavy atom. The Bertz CT molecular complexity index is 1220. The molecule has 0 amide bonds. The molecule has 32 heavy (non-hydrogen) atoms. The second kappa shape index (κ2) is 9.25. The van der Waals surface area contributed by atoms with Gasteiger partial charge in [0, 0.05) is 35.1 Å². The highest BCUT2D eigenvalue weighted by Gasteiger charge is 2.17. The minimum atomic E-state index is -2.37. The monoisotopic (exact) mass is 452 g/mol.